The number of rotatable bonds is 12. The zero-order valence-electron chi connectivity index (χ0n) is 36.4. The first-order chi connectivity index (χ1) is 26.0. The van der Waals surface area contributed by atoms with Crippen molar-refractivity contribution in [3.8, 4) is 0 Å². The number of ether oxygens (including phenoxy) is 1. The summed E-state index contributed by atoms with van der Waals surface area (Å²) < 4.78 is 6.19. The molecule has 0 bridgehead atoms. The molecule has 9 heteroatoms. The Morgan fingerprint density at radius 1 is 0.946 bits per heavy atom. The van der Waals surface area contributed by atoms with E-state index in [4.69, 9.17) is 4.74 Å². The van der Waals surface area contributed by atoms with E-state index in [-0.39, 0.29) is 51.4 Å². The molecule has 1 amide bonds. The molecule has 5 aliphatic rings. The average Bonchev–Trinajstić information content (AvgIpc) is 3.40. The first kappa shape index (κ1) is 42.5. The van der Waals surface area contributed by atoms with Gasteiger partial charge in [-0.1, -0.05) is 60.1 Å². The van der Waals surface area contributed by atoms with Crippen LogP contribution < -0.4 is 0 Å². The Balaban J connectivity index is 1.28. The van der Waals surface area contributed by atoms with Crippen molar-refractivity contribution in [3.05, 3.63) is 41.2 Å². The molecule has 0 unspecified atom stereocenters. The summed E-state index contributed by atoms with van der Waals surface area (Å²) in [5.74, 6) is 0.356. The molecule has 1 N–H and O–H groups in total. The molecule has 0 aliphatic heterocycles. The normalized spacial score (nSPS) is 35.1. The number of aromatic nitrogens is 1. The first-order valence-corrected chi connectivity index (χ1v) is 21.6. The second kappa shape index (κ2) is 14.9. The molecule has 4 fully saturated rings. The van der Waals surface area contributed by atoms with Gasteiger partial charge >= 0.3 is 11.9 Å². The van der Waals surface area contributed by atoms with Crippen molar-refractivity contribution in [1.82, 2.24) is 14.8 Å². The quantitative estimate of drug-likeness (QED) is 0.210. The minimum absolute atomic E-state index is 0.0255. The van der Waals surface area contributed by atoms with E-state index in [1.807, 2.05) is 42.1 Å². The highest BCUT2D eigenvalue weighted by atomic mass is 16.5. The van der Waals surface area contributed by atoms with E-state index < -0.39 is 17.4 Å². The molecule has 1 heterocycles. The number of carboxylic acids is 1. The Bertz CT molecular complexity index is 1730. The van der Waals surface area contributed by atoms with Crippen LogP contribution in [-0.4, -0.2) is 76.8 Å². The lowest BCUT2D eigenvalue weighted by Gasteiger charge is -2.72. The van der Waals surface area contributed by atoms with Crippen LogP contribution in [0.5, 0.6) is 0 Å². The second-order valence-corrected chi connectivity index (χ2v) is 21.3. The summed E-state index contributed by atoms with van der Waals surface area (Å²) in [5.41, 5.74) is 1.93. The molecule has 56 heavy (non-hydrogen) atoms. The summed E-state index contributed by atoms with van der Waals surface area (Å²) in [4.78, 5) is 61.4. The van der Waals surface area contributed by atoms with Crippen molar-refractivity contribution in [2.45, 2.75) is 146 Å². The molecule has 1 aromatic heterocycles. The van der Waals surface area contributed by atoms with Gasteiger partial charge in [-0.25, -0.2) is 0 Å². The summed E-state index contributed by atoms with van der Waals surface area (Å²) in [6, 6.07) is 5.86. The highest BCUT2D eigenvalue weighted by Gasteiger charge is 2.70. The number of fused-ring (bicyclic) bond motifs is 7. The molecule has 1 aromatic rings. The number of hydrogen-bond acceptors (Lipinski definition) is 7. The predicted octanol–water partition coefficient (Wildman–Crippen LogP) is 8.76. The largest absolute Gasteiger partial charge is 0.481 e. The fraction of sp³-hybridized carbons (Fsp3) is 0.766. The van der Waals surface area contributed by atoms with Crippen molar-refractivity contribution in [3.63, 3.8) is 0 Å². The monoisotopic (exact) mass is 774 g/mol. The Morgan fingerprint density at radius 2 is 1.66 bits per heavy atom. The van der Waals surface area contributed by atoms with E-state index in [9.17, 15) is 24.3 Å². The van der Waals surface area contributed by atoms with Crippen LogP contribution >= 0.6 is 0 Å². The number of nitrogens with zero attached hydrogens (tertiary/aromatic N) is 3. The summed E-state index contributed by atoms with van der Waals surface area (Å²) >= 11 is 0. The number of Topliss-reactive ketones (excluding diaryl/α,β-unsaturated/α-hetero) is 1. The first-order valence-electron chi connectivity index (χ1n) is 21.6. The number of ketones is 1. The van der Waals surface area contributed by atoms with Gasteiger partial charge in [0, 0.05) is 30.0 Å². The fourth-order valence-corrected chi connectivity index (χ4v) is 13.6. The van der Waals surface area contributed by atoms with Crippen molar-refractivity contribution in [2.75, 3.05) is 27.2 Å². The van der Waals surface area contributed by atoms with Gasteiger partial charge in [-0.05, 0) is 143 Å². The number of aliphatic carboxylic acids is 1. The van der Waals surface area contributed by atoms with Crippen molar-refractivity contribution in [1.29, 1.82) is 0 Å². The molecule has 5 aliphatic carbocycles. The number of carbonyl (C=O) groups is 4. The van der Waals surface area contributed by atoms with Gasteiger partial charge in [-0.3, -0.25) is 24.2 Å². The van der Waals surface area contributed by atoms with Crippen LogP contribution in [0.2, 0.25) is 0 Å². The zero-order chi connectivity index (χ0) is 41.2. The number of carbonyl (C=O) groups excluding carboxylic acids is 3. The average molecular weight is 774 g/mol. The zero-order valence-corrected chi connectivity index (χ0v) is 36.4. The third-order valence-electron chi connectivity index (χ3n) is 16.7. The summed E-state index contributed by atoms with van der Waals surface area (Å²) in [7, 11) is 3.86. The Morgan fingerprint density at radius 3 is 2.29 bits per heavy atom. The summed E-state index contributed by atoms with van der Waals surface area (Å²) in [5, 5.41) is 9.64. The van der Waals surface area contributed by atoms with Crippen LogP contribution in [0, 0.1) is 56.2 Å². The minimum Gasteiger partial charge on any atom is -0.481 e. The van der Waals surface area contributed by atoms with Gasteiger partial charge in [-0.2, -0.15) is 0 Å². The number of pyridine rings is 1. The van der Waals surface area contributed by atoms with E-state index in [0.717, 1.165) is 69.1 Å². The van der Waals surface area contributed by atoms with Gasteiger partial charge in [0.2, 0.25) is 5.91 Å². The van der Waals surface area contributed by atoms with Crippen LogP contribution in [0.1, 0.15) is 139 Å². The molecule has 0 saturated heterocycles. The van der Waals surface area contributed by atoms with Gasteiger partial charge in [0.25, 0.3) is 0 Å². The van der Waals surface area contributed by atoms with Crippen LogP contribution in [0.3, 0.4) is 0 Å². The molecule has 9 nitrogen and oxygen atoms in total. The Labute approximate surface area is 336 Å². The highest BCUT2D eigenvalue weighted by Crippen LogP contribution is 2.77. The second-order valence-electron chi connectivity index (χ2n) is 21.3. The van der Waals surface area contributed by atoms with Gasteiger partial charge in [0.05, 0.1) is 30.6 Å². The van der Waals surface area contributed by atoms with E-state index in [1.54, 1.807) is 20.0 Å². The van der Waals surface area contributed by atoms with Crippen LogP contribution in [-0.2, 0) is 30.5 Å². The van der Waals surface area contributed by atoms with Crippen molar-refractivity contribution < 1.29 is 29.0 Å². The number of hydrogen-bond donors (Lipinski definition) is 1. The lowest BCUT2D eigenvalue weighted by atomic mass is 9.33. The van der Waals surface area contributed by atoms with Crippen LogP contribution in [0.15, 0.2) is 35.5 Å². The maximum Gasteiger partial charge on any atom is 0.309 e. The minimum atomic E-state index is -1.17. The number of amides is 1. The summed E-state index contributed by atoms with van der Waals surface area (Å²) in [6.45, 7) is 21.2. The van der Waals surface area contributed by atoms with Crippen molar-refractivity contribution >= 4 is 23.6 Å². The number of allylic oxidation sites excluding steroid dienone is 2. The highest BCUT2D eigenvalue weighted by molar-refractivity contribution is 6.00. The third kappa shape index (κ3) is 7.08. The molecule has 0 radical (unpaired) electrons. The molecule has 310 valence electrons. The van der Waals surface area contributed by atoms with Crippen LogP contribution in [0.25, 0.3) is 0 Å². The Kier molecular flexibility index (Phi) is 11.4. The van der Waals surface area contributed by atoms with Gasteiger partial charge in [-0.15, -0.1) is 0 Å². The van der Waals surface area contributed by atoms with Crippen molar-refractivity contribution in [2.24, 2.45) is 56.2 Å². The lowest BCUT2D eigenvalue weighted by molar-refractivity contribution is -0.233. The smallest absolute Gasteiger partial charge is 0.309 e. The fourth-order valence-electron chi connectivity index (χ4n) is 13.6. The van der Waals surface area contributed by atoms with E-state index in [2.05, 4.69) is 53.5 Å². The molecule has 0 spiro atoms. The van der Waals surface area contributed by atoms with Gasteiger partial charge < -0.3 is 19.6 Å². The molecule has 4 saturated carbocycles. The lowest BCUT2D eigenvalue weighted by Crippen LogP contribution is -2.65. The van der Waals surface area contributed by atoms with Gasteiger partial charge in [0.15, 0.2) is 5.78 Å². The number of likely N-dealkylation sites (N-methyl/N-ethyl adjacent to an activating group) is 1. The summed E-state index contributed by atoms with van der Waals surface area (Å²) in [6.07, 6.45) is 10.9. The van der Waals surface area contributed by atoms with E-state index in [0.29, 0.717) is 49.6 Å². The van der Waals surface area contributed by atoms with E-state index >= 15 is 0 Å². The van der Waals surface area contributed by atoms with Crippen LogP contribution in [0.4, 0.5) is 0 Å². The number of esters is 1. The predicted molar refractivity (Wildman–Crippen MR) is 218 cm³/mol. The maximum atomic E-state index is 14.3. The molecular formula is C47H71N3O6. The topological polar surface area (TPSA) is 117 Å². The van der Waals surface area contributed by atoms with E-state index in [1.165, 1.54) is 5.57 Å². The third-order valence-corrected chi connectivity index (χ3v) is 16.7. The molecule has 8 atom stereocenters. The molecular weight excluding hydrogens is 703 g/mol. The maximum absolute atomic E-state index is 14.3. The molecule has 0 aromatic carbocycles. The Hall–Kier alpha value is -3.07. The standard InChI is InChI=1S/C47H71N3O6/c1-30(2)39-33(51)26-47(23-25-50(37(52)29-49(10)11)28-31-14-12-13-24-48-31)22-21-45(8)32(40(39)47)15-16-35-44(7)19-18-36(56-38(53)27-42(3,4)41(54)55)43(5,6)34(44)17-20-46(35,45)9/h12-14,24,30,32,34-36H,15-23,25-29H2,1-11H3,(H,54,55)/t32-,34+,35-,36+,44+,45-,46-,47-/m1/s1. The SMILES string of the molecule is CC(C)C1=C2[C@H]3CC[C@@H]4[C@@]5(C)CC[C@H](OC(=O)CC(C)(C)C(=O)O)C(C)(C)[C@@H]5CC[C@@]4(C)[C@]3(C)CC[C@@]2(CCN(Cc2ccccn2)C(=O)CN(C)C)CC1=O. The molecule has 6 rings (SSSR count). The number of carboxylic acid groups (broad SMARTS) is 1. The van der Waals surface area contributed by atoms with Gasteiger partial charge in [0.1, 0.15) is 6.10 Å².